The highest BCUT2D eigenvalue weighted by Crippen LogP contribution is 2.28. The van der Waals surface area contributed by atoms with E-state index >= 15 is 0 Å². The quantitative estimate of drug-likeness (QED) is 0.179. The van der Waals surface area contributed by atoms with Gasteiger partial charge in [-0.2, -0.15) is 5.32 Å². The number of hydrogen-bond acceptors (Lipinski definition) is 10. The van der Waals surface area contributed by atoms with E-state index in [0.717, 1.165) is 11.3 Å². The highest BCUT2D eigenvalue weighted by Gasteiger charge is 2.21. The molecule has 2 aromatic rings. The van der Waals surface area contributed by atoms with Crippen molar-refractivity contribution >= 4 is 50.6 Å². The predicted octanol–water partition coefficient (Wildman–Crippen LogP) is 2.42. The van der Waals surface area contributed by atoms with Crippen LogP contribution in [0.3, 0.4) is 0 Å². The molecule has 0 aliphatic carbocycles. The van der Waals surface area contributed by atoms with Crippen molar-refractivity contribution in [2.45, 2.75) is 20.3 Å². The number of carboxylic acid groups (broad SMARTS) is 1. The van der Waals surface area contributed by atoms with Gasteiger partial charge in [0.1, 0.15) is 5.69 Å². The Balaban J connectivity index is 1.76. The first-order chi connectivity index (χ1) is 17.3. The molecule has 0 radical (unpaired) electrons. The van der Waals surface area contributed by atoms with E-state index in [4.69, 9.17) is 19.3 Å². The number of carbonyl (C=O) groups is 3. The summed E-state index contributed by atoms with van der Waals surface area (Å²) in [6, 6.07) is 4.93. The van der Waals surface area contributed by atoms with Crippen LogP contribution >= 0.6 is 11.3 Å². The lowest BCUT2D eigenvalue weighted by molar-refractivity contribution is -0.363. The smallest absolute Gasteiger partial charge is 0.341 e. The second-order valence-corrected chi connectivity index (χ2v) is 8.38. The van der Waals surface area contributed by atoms with E-state index in [2.05, 4.69) is 26.1 Å². The van der Waals surface area contributed by atoms with Gasteiger partial charge in [-0.15, -0.1) is 4.91 Å². The van der Waals surface area contributed by atoms with Gasteiger partial charge in [-0.1, -0.05) is 0 Å². The van der Waals surface area contributed by atoms with E-state index in [1.807, 2.05) is 0 Å². The first-order valence-corrected chi connectivity index (χ1v) is 11.9. The molecule has 2 amide bonds. The fourth-order valence-electron chi connectivity index (χ4n) is 2.85. The lowest BCUT2D eigenvalue weighted by atomic mass is 10.1. The Morgan fingerprint density at radius 1 is 1.03 bits per heavy atom. The number of nitrogens with zero attached hydrogens (tertiary/aromatic N) is 1. The number of anilines is 3. The number of amides is 2. The van der Waals surface area contributed by atoms with Gasteiger partial charge in [-0.25, -0.2) is 9.78 Å². The number of carbonyl (C=O) groups excluding carboxylic acids is 2. The zero-order chi connectivity index (χ0) is 26.3. The predicted molar refractivity (Wildman–Crippen MR) is 133 cm³/mol. The molecule has 0 aliphatic rings. The van der Waals surface area contributed by atoms with Crippen LogP contribution < -0.4 is 20.9 Å². The van der Waals surface area contributed by atoms with Crippen LogP contribution in [0.25, 0.3) is 0 Å². The second-order valence-electron chi connectivity index (χ2n) is 7.38. The molecule has 0 atom stereocenters. The number of nitroso groups, excluding NO2 is 1. The fourth-order valence-corrected chi connectivity index (χ4v) is 3.63. The Morgan fingerprint density at radius 2 is 1.69 bits per heavy atom. The SMILES string of the molecule is CC(=O)Nc1cc(NCCOCCOCCOCCC(=O)O)ccc1C(=O)Nc1[nH+]c(C)c(N=O)s1. The zero-order valence-corrected chi connectivity index (χ0v) is 20.9. The van der Waals surface area contributed by atoms with Gasteiger partial charge in [0.05, 0.1) is 57.3 Å². The van der Waals surface area contributed by atoms with Gasteiger partial charge in [0.2, 0.25) is 10.9 Å². The van der Waals surface area contributed by atoms with Crippen LogP contribution in [0.4, 0.5) is 21.5 Å². The Morgan fingerprint density at radius 3 is 2.31 bits per heavy atom. The van der Waals surface area contributed by atoms with Crippen molar-refractivity contribution in [3.8, 4) is 0 Å². The topological polar surface area (TPSA) is 179 Å². The number of rotatable bonds is 17. The minimum atomic E-state index is -0.901. The molecular formula is C22H30N5O8S+. The van der Waals surface area contributed by atoms with Crippen LogP contribution in [0.2, 0.25) is 0 Å². The number of H-pyrrole nitrogens is 1. The van der Waals surface area contributed by atoms with E-state index in [1.54, 1.807) is 25.1 Å². The fraction of sp³-hybridized carbons (Fsp3) is 0.455. The summed E-state index contributed by atoms with van der Waals surface area (Å²) in [6.07, 6.45) is -0.0346. The summed E-state index contributed by atoms with van der Waals surface area (Å²) in [7, 11) is 0. The van der Waals surface area contributed by atoms with Crippen LogP contribution in [0.1, 0.15) is 29.4 Å². The minimum Gasteiger partial charge on any atom is -0.481 e. The lowest BCUT2D eigenvalue weighted by Gasteiger charge is -2.12. The van der Waals surface area contributed by atoms with E-state index in [1.165, 1.54) is 6.92 Å². The summed E-state index contributed by atoms with van der Waals surface area (Å²) in [5.41, 5.74) is 1.80. The van der Waals surface area contributed by atoms with Gasteiger partial charge in [0, 0.05) is 26.1 Å². The highest BCUT2D eigenvalue weighted by atomic mass is 32.1. The van der Waals surface area contributed by atoms with Gasteiger partial charge in [-0.3, -0.25) is 9.59 Å². The van der Waals surface area contributed by atoms with Crippen LogP contribution in [-0.2, 0) is 23.8 Å². The van der Waals surface area contributed by atoms with Gasteiger partial charge in [0.15, 0.2) is 0 Å². The summed E-state index contributed by atoms with van der Waals surface area (Å²) in [6.45, 7) is 5.49. The van der Waals surface area contributed by atoms with E-state index < -0.39 is 11.9 Å². The van der Waals surface area contributed by atoms with Crippen molar-refractivity contribution in [3.63, 3.8) is 0 Å². The molecule has 0 saturated heterocycles. The molecule has 1 aromatic carbocycles. The third-order valence-electron chi connectivity index (χ3n) is 4.49. The average Bonchev–Trinajstić information content (AvgIpc) is 3.18. The van der Waals surface area contributed by atoms with Gasteiger partial charge in [-0.05, 0) is 34.7 Å². The van der Waals surface area contributed by atoms with Crippen molar-refractivity contribution in [2.75, 3.05) is 62.1 Å². The van der Waals surface area contributed by atoms with Gasteiger partial charge in [0.25, 0.3) is 0 Å². The van der Waals surface area contributed by atoms with Crippen molar-refractivity contribution in [1.29, 1.82) is 0 Å². The summed E-state index contributed by atoms with van der Waals surface area (Å²) >= 11 is 1.02. The number of aromatic nitrogens is 1. The van der Waals surface area contributed by atoms with E-state index in [-0.39, 0.29) is 29.5 Å². The number of hydrogen-bond donors (Lipinski definition) is 4. The maximum absolute atomic E-state index is 12.8. The van der Waals surface area contributed by atoms with Crippen LogP contribution in [0.5, 0.6) is 0 Å². The lowest BCUT2D eigenvalue weighted by Crippen LogP contribution is -2.20. The van der Waals surface area contributed by atoms with E-state index in [9.17, 15) is 19.3 Å². The van der Waals surface area contributed by atoms with Gasteiger partial charge < -0.3 is 30.0 Å². The minimum absolute atomic E-state index is 0.0346. The molecule has 2 rings (SSSR count). The number of aryl methyl sites for hydroxylation is 1. The molecule has 1 heterocycles. The molecule has 0 unspecified atom stereocenters. The molecule has 0 bridgehead atoms. The number of thiazole rings is 1. The Labute approximate surface area is 211 Å². The average molecular weight is 525 g/mol. The maximum Gasteiger partial charge on any atom is 0.341 e. The van der Waals surface area contributed by atoms with Crippen molar-refractivity contribution in [3.05, 3.63) is 34.4 Å². The third kappa shape index (κ3) is 10.4. The third-order valence-corrected chi connectivity index (χ3v) is 5.47. The number of ether oxygens (including phenoxy) is 3. The number of aromatic amines is 1. The normalized spacial score (nSPS) is 10.6. The number of aliphatic carboxylic acids is 1. The molecule has 0 fully saturated rings. The van der Waals surface area contributed by atoms with E-state index in [0.29, 0.717) is 61.8 Å². The number of carboxylic acids is 1. The van der Waals surface area contributed by atoms with Crippen molar-refractivity contribution in [1.82, 2.24) is 0 Å². The second kappa shape index (κ2) is 15.5. The van der Waals surface area contributed by atoms with Gasteiger partial charge >= 0.3 is 17.0 Å². The molecular weight excluding hydrogens is 494 g/mol. The van der Waals surface area contributed by atoms with Crippen molar-refractivity contribution in [2.24, 2.45) is 5.18 Å². The molecule has 13 nitrogen and oxygen atoms in total. The molecule has 1 aromatic heterocycles. The first-order valence-electron chi connectivity index (χ1n) is 11.1. The zero-order valence-electron chi connectivity index (χ0n) is 20.0. The summed E-state index contributed by atoms with van der Waals surface area (Å²) in [4.78, 5) is 48.4. The van der Waals surface area contributed by atoms with Crippen molar-refractivity contribution < 1.29 is 38.7 Å². The molecule has 5 N–H and O–H groups in total. The first kappa shape index (κ1) is 28.8. The molecule has 196 valence electrons. The monoisotopic (exact) mass is 524 g/mol. The highest BCUT2D eigenvalue weighted by molar-refractivity contribution is 7.19. The van der Waals surface area contributed by atoms with Crippen LogP contribution in [-0.4, -0.2) is 69.1 Å². The molecule has 36 heavy (non-hydrogen) atoms. The molecule has 14 heteroatoms. The molecule has 0 spiro atoms. The van der Waals surface area contributed by atoms with Crippen LogP contribution in [0, 0.1) is 11.8 Å². The molecule has 0 aliphatic heterocycles. The summed E-state index contributed by atoms with van der Waals surface area (Å²) in [5, 5.41) is 20.5. The standard InChI is InChI=1S/C22H29N5O8S/c1-14-21(27-32)36-22(24-14)26-20(31)17-4-3-16(13-18(17)25-15(2)28)23-6-8-34-10-12-35-11-9-33-7-5-19(29)30/h3-4,13,23H,5-12H2,1-2H3,(H,25,28)(H,29,30)(H,24,26,31)/p+1. The summed E-state index contributed by atoms with van der Waals surface area (Å²) in [5.74, 6) is -1.69. The largest absolute Gasteiger partial charge is 0.481 e. The Hall–Kier alpha value is -3.46. The summed E-state index contributed by atoms with van der Waals surface area (Å²) < 4.78 is 15.9. The molecule has 0 saturated carbocycles. The van der Waals surface area contributed by atoms with Crippen LogP contribution in [0.15, 0.2) is 23.4 Å². The Kier molecular flexibility index (Phi) is 12.4. The number of nitrogens with one attached hydrogen (secondary N) is 4. The Bertz CT molecular complexity index is 1050. The number of benzene rings is 1. The maximum atomic E-state index is 12.8.